The van der Waals surface area contributed by atoms with Gasteiger partial charge in [-0.05, 0) is 31.0 Å². The predicted molar refractivity (Wildman–Crippen MR) is 67.8 cm³/mol. The maximum Gasteiger partial charge on any atom is 0.337 e. The maximum absolute atomic E-state index is 11.3. The Morgan fingerprint density at radius 2 is 2.33 bits per heavy atom. The Balaban J connectivity index is 2.01. The number of aromatic carboxylic acids is 1. The second kappa shape index (κ2) is 4.35. The average molecular weight is 246 g/mol. The molecule has 2 heterocycles. The summed E-state index contributed by atoms with van der Waals surface area (Å²) in [4.78, 5) is 18.3. The topological polar surface area (TPSA) is 53.4 Å². The standard InChI is InChI=1S/C14H18N2O2/c1-2-16-6-5-12-10(8-16)7-11(14(17)18)13(15-12)9-3-4-9/h7,9H,2-6,8H2,1H3,(H,17,18). The van der Waals surface area contributed by atoms with Gasteiger partial charge in [0.15, 0.2) is 0 Å². The summed E-state index contributed by atoms with van der Waals surface area (Å²) < 4.78 is 0. The van der Waals surface area contributed by atoms with Gasteiger partial charge < -0.3 is 5.11 Å². The summed E-state index contributed by atoms with van der Waals surface area (Å²) >= 11 is 0. The van der Waals surface area contributed by atoms with E-state index in [4.69, 9.17) is 0 Å². The Morgan fingerprint density at radius 3 is 2.94 bits per heavy atom. The fraction of sp³-hybridized carbons (Fsp3) is 0.571. The van der Waals surface area contributed by atoms with Crippen LogP contribution in [0.1, 0.15) is 53.0 Å². The number of hydrogen-bond acceptors (Lipinski definition) is 3. The van der Waals surface area contributed by atoms with Gasteiger partial charge in [-0.2, -0.15) is 0 Å². The van der Waals surface area contributed by atoms with Crippen molar-refractivity contribution in [1.82, 2.24) is 9.88 Å². The van der Waals surface area contributed by atoms with Crippen LogP contribution in [0.15, 0.2) is 6.07 Å². The fourth-order valence-corrected chi connectivity index (χ4v) is 2.66. The lowest BCUT2D eigenvalue weighted by Gasteiger charge is -2.27. The molecule has 1 fully saturated rings. The van der Waals surface area contributed by atoms with Gasteiger partial charge in [0.25, 0.3) is 0 Å². The van der Waals surface area contributed by atoms with Crippen molar-refractivity contribution in [3.8, 4) is 0 Å². The first-order chi connectivity index (χ1) is 8.69. The Kier molecular flexibility index (Phi) is 2.82. The van der Waals surface area contributed by atoms with Gasteiger partial charge in [-0.1, -0.05) is 6.92 Å². The van der Waals surface area contributed by atoms with Gasteiger partial charge in [0.2, 0.25) is 0 Å². The first kappa shape index (κ1) is 11.7. The quantitative estimate of drug-likeness (QED) is 0.886. The third-order valence-electron chi connectivity index (χ3n) is 3.92. The predicted octanol–water partition coefficient (Wildman–Crippen LogP) is 2.04. The molecule has 1 aliphatic carbocycles. The van der Waals surface area contributed by atoms with Crippen LogP contribution >= 0.6 is 0 Å². The summed E-state index contributed by atoms with van der Waals surface area (Å²) in [5, 5.41) is 9.31. The molecule has 96 valence electrons. The van der Waals surface area contributed by atoms with E-state index in [2.05, 4.69) is 16.8 Å². The molecular weight excluding hydrogens is 228 g/mol. The van der Waals surface area contributed by atoms with E-state index < -0.39 is 5.97 Å². The number of rotatable bonds is 3. The zero-order valence-corrected chi connectivity index (χ0v) is 10.6. The smallest absolute Gasteiger partial charge is 0.337 e. The van der Waals surface area contributed by atoms with Crippen LogP contribution in [0.4, 0.5) is 0 Å². The van der Waals surface area contributed by atoms with Crippen molar-refractivity contribution in [3.63, 3.8) is 0 Å². The van der Waals surface area contributed by atoms with E-state index in [0.717, 1.165) is 55.8 Å². The first-order valence-electron chi connectivity index (χ1n) is 6.67. The molecule has 0 spiro atoms. The van der Waals surface area contributed by atoms with E-state index in [0.29, 0.717) is 11.5 Å². The number of nitrogens with zero attached hydrogens (tertiary/aromatic N) is 2. The summed E-state index contributed by atoms with van der Waals surface area (Å²) in [6.07, 6.45) is 3.13. The number of carbonyl (C=O) groups is 1. The third-order valence-corrected chi connectivity index (χ3v) is 3.92. The molecule has 1 N–H and O–H groups in total. The molecule has 0 amide bonds. The second-order valence-corrected chi connectivity index (χ2v) is 5.23. The van der Waals surface area contributed by atoms with Crippen molar-refractivity contribution in [1.29, 1.82) is 0 Å². The zero-order chi connectivity index (χ0) is 12.7. The van der Waals surface area contributed by atoms with E-state index in [-0.39, 0.29) is 0 Å². The van der Waals surface area contributed by atoms with Gasteiger partial charge in [-0.3, -0.25) is 9.88 Å². The Bertz CT molecular complexity index is 495. The normalized spacial score (nSPS) is 19.6. The number of aromatic nitrogens is 1. The summed E-state index contributed by atoms with van der Waals surface area (Å²) in [7, 11) is 0. The highest BCUT2D eigenvalue weighted by atomic mass is 16.4. The van der Waals surface area contributed by atoms with Crippen LogP contribution in [-0.4, -0.2) is 34.0 Å². The number of carboxylic acids is 1. The van der Waals surface area contributed by atoms with Crippen molar-refractivity contribution in [2.45, 2.75) is 38.6 Å². The van der Waals surface area contributed by atoms with E-state index in [1.54, 1.807) is 0 Å². The summed E-state index contributed by atoms with van der Waals surface area (Å²) in [6, 6.07) is 1.86. The number of hydrogen-bond donors (Lipinski definition) is 1. The second-order valence-electron chi connectivity index (χ2n) is 5.23. The Morgan fingerprint density at radius 1 is 1.56 bits per heavy atom. The molecule has 4 heteroatoms. The highest BCUT2D eigenvalue weighted by Crippen LogP contribution is 2.41. The van der Waals surface area contributed by atoms with Crippen LogP contribution in [0.5, 0.6) is 0 Å². The van der Waals surface area contributed by atoms with Gasteiger partial charge in [0, 0.05) is 31.1 Å². The first-order valence-corrected chi connectivity index (χ1v) is 6.67. The highest BCUT2D eigenvalue weighted by molar-refractivity contribution is 5.89. The minimum absolute atomic E-state index is 0.394. The number of likely N-dealkylation sites (N-methyl/N-ethyl adjacent to an activating group) is 1. The largest absolute Gasteiger partial charge is 0.478 e. The van der Waals surface area contributed by atoms with Gasteiger partial charge in [-0.15, -0.1) is 0 Å². The Hall–Kier alpha value is -1.42. The minimum atomic E-state index is -0.833. The molecule has 0 unspecified atom stereocenters. The molecule has 18 heavy (non-hydrogen) atoms. The number of fused-ring (bicyclic) bond motifs is 1. The fourth-order valence-electron chi connectivity index (χ4n) is 2.66. The molecule has 1 aromatic heterocycles. The highest BCUT2D eigenvalue weighted by Gasteiger charge is 2.31. The third kappa shape index (κ3) is 2.01. The van der Waals surface area contributed by atoms with Crippen LogP contribution in [0.25, 0.3) is 0 Å². The summed E-state index contributed by atoms with van der Waals surface area (Å²) in [5.41, 5.74) is 3.47. The molecule has 0 saturated heterocycles. The summed E-state index contributed by atoms with van der Waals surface area (Å²) in [6.45, 7) is 5.01. The Labute approximate surface area is 107 Å². The molecule has 0 aromatic carbocycles. The van der Waals surface area contributed by atoms with E-state index in [9.17, 15) is 9.90 Å². The average Bonchev–Trinajstić information content (AvgIpc) is 3.20. The van der Waals surface area contributed by atoms with Crippen LogP contribution < -0.4 is 0 Å². The zero-order valence-electron chi connectivity index (χ0n) is 10.6. The molecule has 1 aliphatic heterocycles. The molecule has 4 nitrogen and oxygen atoms in total. The van der Waals surface area contributed by atoms with Crippen LogP contribution in [0, 0.1) is 0 Å². The van der Waals surface area contributed by atoms with Crippen molar-refractivity contribution in [2.75, 3.05) is 13.1 Å². The molecule has 1 saturated carbocycles. The molecule has 0 atom stereocenters. The van der Waals surface area contributed by atoms with Gasteiger partial charge in [0.05, 0.1) is 11.3 Å². The van der Waals surface area contributed by atoms with Crippen LogP contribution in [-0.2, 0) is 13.0 Å². The lowest BCUT2D eigenvalue weighted by atomic mass is 10.00. The van der Waals surface area contributed by atoms with Crippen molar-refractivity contribution in [2.24, 2.45) is 0 Å². The maximum atomic E-state index is 11.3. The molecule has 1 aromatic rings. The van der Waals surface area contributed by atoms with E-state index >= 15 is 0 Å². The minimum Gasteiger partial charge on any atom is -0.478 e. The monoisotopic (exact) mass is 246 g/mol. The molecule has 3 rings (SSSR count). The molecule has 2 aliphatic rings. The van der Waals surface area contributed by atoms with Crippen molar-refractivity contribution < 1.29 is 9.90 Å². The number of carboxylic acid groups (broad SMARTS) is 1. The lowest BCUT2D eigenvalue weighted by molar-refractivity contribution is 0.0694. The van der Waals surface area contributed by atoms with Gasteiger partial charge >= 0.3 is 5.97 Å². The number of pyridine rings is 1. The molecule has 0 bridgehead atoms. The summed E-state index contributed by atoms with van der Waals surface area (Å²) in [5.74, 6) is -0.438. The van der Waals surface area contributed by atoms with Crippen LogP contribution in [0.3, 0.4) is 0 Å². The van der Waals surface area contributed by atoms with Crippen molar-refractivity contribution in [3.05, 3.63) is 28.6 Å². The van der Waals surface area contributed by atoms with Crippen LogP contribution in [0.2, 0.25) is 0 Å². The van der Waals surface area contributed by atoms with Gasteiger partial charge in [-0.25, -0.2) is 4.79 Å². The van der Waals surface area contributed by atoms with Crippen molar-refractivity contribution >= 4 is 5.97 Å². The molecular formula is C14H18N2O2. The van der Waals surface area contributed by atoms with Gasteiger partial charge in [0.1, 0.15) is 0 Å². The SMILES string of the molecule is CCN1CCc2nc(C3CC3)c(C(=O)O)cc2C1. The lowest BCUT2D eigenvalue weighted by Crippen LogP contribution is -2.31. The molecule has 0 radical (unpaired) electrons. The van der Waals surface area contributed by atoms with E-state index in [1.807, 2.05) is 6.07 Å². The van der Waals surface area contributed by atoms with E-state index in [1.165, 1.54) is 0 Å².